The summed E-state index contributed by atoms with van der Waals surface area (Å²) in [5, 5.41) is 2.90. The number of rotatable bonds is 13. The molecular weight excluding hydrogens is 498 g/mol. The van der Waals surface area contributed by atoms with E-state index >= 15 is 0 Å². The maximum absolute atomic E-state index is 13.8. The summed E-state index contributed by atoms with van der Waals surface area (Å²) < 4.78 is 28.6. The third-order valence-corrected chi connectivity index (χ3v) is 8.20. The lowest BCUT2D eigenvalue weighted by Gasteiger charge is -2.32. The van der Waals surface area contributed by atoms with Crippen molar-refractivity contribution in [3.63, 3.8) is 0 Å². The first-order chi connectivity index (χ1) is 18.2. The SMILES string of the molecule is CCCCNC(=O)[C@@H](C)N(CCc1ccccc1)C(=O)CN(c1ccccc1)S(=O)(=O)c1ccc(C)cc1. The van der Waals surface area contributed by atoms with Gasteiger partial charge in [0.15, 0.2) is 0 Å². The first-order valence-electron chi connectivity index (χ1n) is 13.0. The normalized spacial score (nSPS) is 12.0. The molecule has 0 radical (unpaired) electrons. The molecule has 0 aromatic heterocycles. The summed E-state index contributed by atoms with van der Waals surface area (Å²) in [7, 11) is -4.04. The molecule has 1 atom stereocenters. The van der Waals surface area contributed by atoms with Gasteiger partial charge in [0.2, 0.25) is 11.8 Å². The fourth-order valence-corrected chi connectivity index (χ4v) is 5.48. The van der Waals surface area contributed by atoms with Gasteiger partial charge in [-0.25, -0.2) is 8.42 Å². The molecule has 3 aromatic carbocycles. The maximum atomic E-state index is 13.8. The molecule has 0 unspecified atom stereocenters. The van der Waals surface area contributed by atoms with Crippen molar-refractivity contribution in [3.05, 3.63) is 96.1 Å². The van der Waals surface area contributed by atoms with Crippen LogP contribution in [0, 0.1) is 6.92 Å². The molecule has 0 saturated heterocycles. The Hall–Kier alpha value is -3.65. The topological polar surface area (TPSA) is 86.8 Å². The number of nitrogens with one attached hydrogen (secondary N) is 1. The van der Waals surface area contributed by atoms with Crippen LogP contribution in [-0.4, -0.2) is 50.8 Å². The van der Waals surface area contributed by atoms with Crippen molar-refractivity contribution in [2.24, 2.45) is 0 Å². The molecule has 0 heterocycles. The predicted octanol–water partition coefficient (Wildman–Crippen LogP) is 4.57. The first kappa shape index (κ1) is 28.9. The van der Waals surface area contributed by atoms with E-state index in [1.54, 1.807) is 61.5 Å². The number of nitrogens with zero attached hydrogens (tertiary/aromatic N) is 2. The molecule has 0 aliphatic rings. The lowest BCUT2D eigenvalue weighted by atomic mass is 10.1. The molecule has 1 N–H and O–H groups in total. The van der Waals surface area contributed by atoms with E-state index in [-0.39, 0.29) is 17.3 Å². The summed E-state index contributed by atoms with van der Waals surface area (Å²) >= 11 is 0. The summed E-state index contributed by atoms with van der Waals surface area (Å²) in [4.78, 5) is 28.3. The molecule has 3 rings (SSSR count). The van der Waals surface area contributed by atoms with Crippen molar-refractivity contribution in [3.8, 4) is 0 Å². The van der Waals surface area contributed by atoms with Crippen LogP contribution in [0.2, 0.25) is 0 Å². The highest BCUT2D eigenvalue weighted by molar-refractivity contribution is 7.92. The zero-order chi connectivity index (χ0) is 27.5. The van der Waals surface area contributed by atoms with E-state index in [0.29, 0.717) is 18.7 Å². The van der Waals surface area contributed by atoms with Crippen LogP contribution in [0.3, 0.4) is 0 Å². The zero-order valence-electron chi connectivity index (χ0n) is 22.3. The zero-order valence-corrected chi connectivity index (χ0v) is 23.2. The Labute approximate surface area is 226 Å². The highest BCUT2D eigenvalue weighted by Gasteiger charge is 2.32. The van der Waals surface area contributed by atoms with Gasteiger partial charge in [-0.15, -0.1) is 0 Å². The molecule has 3 aromatic rings. The number of hydrogen-bond acceptors (Lipinski definition) is 4. The van der Waals surface area contributed by atoms with E-state index in [4.69, 9.17) is 0 Å². The molecule has 8 heteroatoms. The largest absolute Gasteiger partial charge is 0.354 e. The van der Waals surface area contributed by atoms with Crippen molar-refractivity contribution in [2.75, 3.05) is 23.9 Å². The van der Waals surface area contributed by atoms with Crippen molar-refractivity contribution in [1.82, 2.24) is 10.2 Å². The third kappa shape index (κ3) is 7.68. The fourth-order valence-electron chi connectivity index (χ4n) is 4.07. The van der Waals surface area contributed by atoms with Gasteiger partial charge in [0.25, 0.3) is 10.0 Å². The molecule has 0 bridgehead atoms. The molecule has 38 heavy (non-hydrogen) atoms. The molecule has 0 aliphatic carbocycles. The molecule has 2 amide bonds. The second-order valence-corrected chi connectivity index (χ2v) is 11.2. The first-order valence-corrected chi connectivity index (χ1v) is 14.4. The smallest absolute Gasteiger partial charge is 0.264 e. The van der Waals surface area contributed by atoms with Crippen molar-refractivity contribution < 1.29 is 18.0 Å². The van der Waals surface area contributed by atoms with Gasteiger partial charge in [0.05, 0.1) is 10.6 Å². The van der Waals surface area contributed by atoms with Crippen LogP contribution in [-0.2, 0) is 26.0 Å². The molecule has 0 saturated carbocycles. The molecular formula is C30H37N3O4S. The van der Waals surface area contributed by atoms with Gasteiger partial charge in [0.1, 0.15) is 12.6 Å². The van der Waals surface area contributed by atoms with Gasteiger partial charge >= 0.3 is 0 Å². The van der Waals surface area contributed by atoms with Gasteiger partial charge < -0.3 is 10.2 Å². The Kier molecular flexibility index (Phi) is 10.5. The Balaban J connectivity index is 1.91. The molecule has 0 fully saturated rings. The number of carbonyl (C=O) groups excluding carboxylic acids is 2. The Morgan fingerprint density at radius 2 is 1.50 bits per heavy atom. The number of hydrogen-bond donors (Lipinski definition) is 1. The van der Waals surface area contributed by atoms with Crippen LogP contribution in [0.5, 0.6) is 0 Å². The number of carbonyl (C=O) groups is 2. The number of para-hydroxylation sites is 1. The summed E-state index contributed by atoms with van der Waals surface area (Å²) in [6.07, 6.45) is 2.32. The number of sulfonamides is 1. The van der Waals surface area contributed by atoms with Gasteiger partial charge in [-0.1, -0.05) is 79.6 Å². The second-order valence-electron chi connectivity index (χ2n) is 9.30. The molecule has 0 spiro atoms. The van der Waals surface area contributed by atoms with Gasteiger partial charge in [-0.05, 0) is 56.5 Å². The minimum Gasteiger partial charge on any atom is -0.354 e. The maximum Gasteiger partial charge on any atom is 0.264 e. The molecule has 0 aliphatic heterocycles. The number of aryl methyl sites for hydroxylation is 1. The minimum atomic E-state index is -4.04. The Morgan fingerprint density at radius 3 is 2.11 bits per heavy atom. The van der Waals surface area contributed by atoms with Gasteiger partial charge in [0, 0.05) is 13.1 Å². The number of anilines is 1. The van der Waals surface area contributed by atoms with E-state index in [9.17, 15) is 18.0 Å². The summed E-state index contributed by atoms with van der Waals surface area (Å²) in [5.41, 5.74) is 2.34. The van der Waals surface area contributed by atoms with Crippen molar-refractivity contribution in [1.29, 1.82) is 0 Å². The highest BCUT2D eigenvalue weighted by atomic mass is 32.2. The van der Waals surface area contributed by atoms with Crippen LogP contribution in [0.15, 0.2) is 89.8 Å². The second kappa shape index (κ2) is 13.8. The third-order valence-electron chi connectivity index (χ3n) is 6.41. The lowest BCUT2D eigenvalue weighted by Crippen LogP contribution is -2.52. The van der Waals surface area contributed by atoms with E-state index in [2.05, 4.69) is 5.32 Å². The Morgan fingerprint density at radius 1 is 0.895 bits per heavy atom. The fraction of sp³-hybridized carbons (Fsp3) is 0.333. The average molecular weight is 536 g/mol. The van der Waals surface area contributed by atoms with Crippen LogP contribution in [0.4, 0.5) is 5.69 Å². The number of unbranched alkanes of at least 4 members (excludes halogenated alkanes) is 1. The van der Waals surface area contributed by atoms with Gasteiger partial charge in [-0.2, -0.15) is 0 Å². The van der Waals surface area contributed by atoms with E-state index in [0.717, 1.165) is 28.3 Å². The Bertz CT molecular complexity index is 1280. The van der Waals surface area contributed by atoms with Crippen LogP contribution >= 0.6 is 0 Å². The average Bonchev–Trinajstić information content (AvgIpc) is 2.93. The lowest BCUT2D eigenvalue weighted by molar-refractivity contribution is -0.138. The van der Waals surface area contributed by atoms with E-state index in [1.165, 1.54) is 4.90 Å². The summed E-state index contributed by atoms with van der Waals surface area (Å²) in [5.74, 6) is -0.703. The van der Waals surface area contributed by atoms with Crippen molar-refractivity contribution >= 4 is 27.5 Å². The monoisotopic (exact) mass is 535 g/mol. The minimum absolute atomic E-state index is 0.0981. The van der Waals surface area contributed by atoms with Crippen LogP contribution in [0.1, 0.15) is 37.8 Å². The quantitative estimate of drug-likeness (QED) is 0.325. The summed E-state index contributed by atoms with van der Waals surface area (Å²) in [6.45, 7) is 5.98. The van der Waals surface area contributed by atoms with E-state index < -0.39 is 28.5 Å². The van der Waals surface area contributed by atoms with Crippen LogP contribution < -0.4 is 9.62 Å². The van der Waals surface area contributed by atoms with Gasteiger partial charge in [-0.3, -0.25) is 13.9 Å². The number of amides is 2. The molecule has 202 valence electrons. The number of benzene rings is 3. The van der Waals surface area contributed by atoms with E-state index in [1.807, 2.05) is 44.2 Å². The molecule has 7 nitrogen and oxygen atoms in total. The van der Waals surface area contributed by atoms with Crippen molar-refractivity contribution in [2.45, 2.75) is 51.0 Å². The standard InChI is InChI=1S/C30H37N3O4S/c1-4-5-21-31-30(35)25(3)32(22-20-26-12-8-6-9-13-26)29(34)23-33(27-14-10-7-11-15-27)38(36,37)28-18-16-24(2)17-19-28/h6-19,25H,4-5,20-23H2,1-3H3,(H,31,35)/t25-/m1/s1. The summed E-state index contributed by atoms with van der Waals surface area (Å²) in [6, 6.07) is 24.1. The van der Waals surface area contributed by atoms with Crippen LogP contribution in [0.25, 0.3) is 0 Å². The predicted molar refractivity (Wildman–Crippen MR) is 151 cm³/mol. The highest BCUT2D eigenvalue weighted by Crippen LogP contribution is 2.24.